The van der Waals surface area contributed by atoms with Crippen LogP contribution in [0.5, 0.6) is 5.75 Å². The second-order valence-corrected chi connectivity index (χ2v) is 8.51. The first-order chi connectivity index (χ1) is 10.7. The fourth-order valence-corrected chi connectivity index (χ4v) is 2.84. The number of hydrogen-bond donors (Lipinski definition) is 0. The zero-order valence-corrected chi connectivity index (χ0v) is 15.7. The van der Waals surface area contributed by atoms with Crippen molar-refractivity contribution in [1.82, 2.24) is 4.90 Å². The first-order valence-electron chi connectivity index (χ1n) is 8.76. The van der Waals surface area contributed by atoms with Crippen molar-refractivity contribution >= 4 is 0 Å². The molecule has 0 unspecified atom stereocenters. The lowest BCUT2D eigenvalue weighted by Crippen LogP contribution is -2.38. The molecule has 1 aliphatic rings. The Morgan fingerprint density at radius 2 is 1.65 bits per heavy atom. The average molecular weight is 319 g/mol. The summed E-state index contributed by atoms with van der Waals surface area (Å²) in [6.45, 7) is 18.9. The molecule has 1 heterocycles. The summed E-state index contributed by atoms with van der Waals surface area (Å²) < 4.78 is 11.6. The maximum Gasteiger partial charge on any atom is 0.123 e. The number of benzene rings is 1. The summed E-state index contributed by atoms with van der Waals surface area (Å²) >= 11 is 0. The van der Waals surface area contributed by atoms with Gasteiger partial charge in [-0.05, 0) is 28.0 Å². The van der Waals surface area contributed by atoms with Gasteiger partial charge in [0, 0.05) is 19.6 Å². The number of ether oxygens (including phenoxy) is 2. The third-order valence-corrected chi connectivity index (χ3v) is 4.42. The Kier molecular flexibility index (Phi) is 5.74. The van der Waals surface area contributed by atoms with Crippen LogP contribution in [0.4, 0.5) is 0 Å². The quantitative estimate of drug-likeness (QED) is 0.837. The van der Waals surface area contributed by atoms with E-state index in [1.807, 2.05) is 0 Å². The Morgan fingerprint density at radius 3 is 2.22 bits per heavy atom. The molecular weight excluding hydrogens is 286 g/mol. The van der Waals surface area contributed by atoms with E-state index in [9.17, 15) is 0 Å². The molecule has 1 saturated heterocycles. The summed E-state index contributed by atoms with van der Waals surface area (Å²) in [6.07, 6.45) is 0. The number of morpholine rings is 1. The molecule has 0 N–H and O–H groups in total. The Labute approximate surface area is 142 Å². The molecule has 1 aliphatic heterocycles. The molecule has 2 rings (SSSR count). The fourth-order valence-electron chi connectivity index (χ4n) is 2.84. The number of rotatable bonds is 4. The summed E-state index contributed by atoms with van der Waals surface area (Å²) in [5.41, 5.74) is 2.84. The molecule has 0 atom stereocenters. The van der Waals surface area contributed by atoms with E-state index in [4.69, 9.17) is 9.47 Å². The zero-order chi connectivity index (χ0) is 17.1. The molecule has 0 aromatic heterocycles. The van der Waals surface area contributed by atoms with Crippen LogP contribution in [0, 0.1) is 0 Å². The SMILES string of the molecule is CC(C)(C)c1ccc(C(C)(C)C)c(OCCN2CCOCC2)c1. The van der Waals surface area contributed by atoms with Crippen LogP contribution in [-0.4, -0.2) is 44.4 Å². The molecule has 1 fully saturated rings. The summed E-state index contributed by atoms with van der Waals surface area (Å²) in [5.74, 6) is 1.04. The van der Waals surface area contributed by atoms with Crippen molar-refractivity contribution in [2.45, 2.75) is 52.4 Å². The van der Waals surface area contributed by atoms with Crippen LogP contribution in [0.25, 0.3) is 0 Å². The van der Waals surface area contributed by atoms with Gasteiger partial charge in [-0.25, -0.2) is 0 Å². The van der Waals surface area contributed by atoms with Crippen molar-refractivity contribution in [1.29, 1.82) is 0 Å². The highest BCUT2D eigenvalue weighted by Gasteiger charge is 2.22. The van der Waals surface area contributed by atoms with Gasteiger partial charge in [0.2, 0.25) is 0 Å². The Morgan fingerprint density at radius 1 is 1.00 bits per heavy atom. The van der Waals surface area contributed by atoms with Gasteiger partial charge in [-0.2, -0.15) is 0 Å². The first-order valence-corrected chi connectivity index (χ1v) is 8.76. The van der Waals surface area contributed by atoms with Crippen molar-refractivity contribution < 1.29 is 9.47 Å². The van der Waals surface area contributed by atoms with Gasteiger partial charge >= 0.3 is 0 Å². The van der Waals surface area contributed by atoms with E-state index in [0.717, 1.165) is 45.2 Å². The van der Waals surface area contributed by atoms with Gasteiger partial charge in [0.05, 0.1) is 13.2 Å². The molecular formula is C20H33NO2. The molecule has 1 aromatic carbocycles. The predicted molar refractivity (Wildman–Crippen MR) is 96.6 cm³/mol. The van der Waals surface area contributed by atoms with Crippen LogP contribution in [0.2, 0.25) is 0 Å². The van der Waals surface area contributed by atoms with E-state index in [2.05, 4.69) is 64.6 Å². The van der Waals surface area contributed by atoms with E-state index in [-0.39, 0.29) is 10.8 Å². The van der Waals surface area contributed by atoms with Gasteiger partial charge in [0.15, 0.2) is 0 Å². The maximum atomic E-state index is 6.22. The van der Waals surface area contributed by atoms with Gasteiger partial charge in [-0.3, -0.25) is 4.90 Å². The molecule has 0 spiro atoms. The third kappa shape index (κ3) is 5.22. The largest absolute Gasteiger partial charge is 0.492 e. The maximum absolute atomic E-state index is 6.22. The molecule has 130 valence electrons. The normalized spacial score (nSPS) is 17.3. The van der Waals surface area contributed by atoms with E-state index in [0.29, 0.717) is 0 Å². The molecule has 0 saturated carbocycles. The first kappa shape index (κ1) is 18.3. The smallest absolute Gasteiger partial charge is 0.123 e. The minimum absolute atomic E-state index is 0.0880. The number of nitrogens with zero attached hydrogens (tertiary/aromatic N) is 1. The van der Waals surface area contributed by atoms with Gasteiger partial charge in [-0.1, -0.05) is 53.7 Å². The van der Waals surface area contributed by atoms with Crippen molar-refractivity contribution in [3.63, 3.8) is 0 Å². The van der Waals surface area contributed by atoms with Crippen LogP contribution < -0.4 is 4.74 Å². The summed E-state index contributed by atoms with van der Waals surface area (Å²) in [7, 11) is 0. The Hall–Kier alpha value is -1.06. The zero-order valence-electron chi connectivity index (χ0n) is 15.7. The topological polar surface area (TPSA) is 21.7 Å². The lowest BCUT2D eigenvalue weighted by Gasteiger charge is -2.28. The summed E-state index contributed by atoms with van der Waals surface area (Å²) in [4.78, 5) is 2.41. The molecule has 0 amide bonds. The molecule has 23 heavy (non-hydrogen) atoms. The minimum atomic E-state index is 0.0880. The van der Waals surface area contributed by atoms with Crippen LogP contribution in [-0.2, 0) is 15.6 Å². The van der Waals surface area contributed by atoms with E-state index >= 15 is 0 Å². The van der Waals surface area contributed by atoms with Gasteiger partial charge in [-0.15, -0.1) is 0 Å². The highest BCUT2D eigenvalue weighted by atomic mass is 16.5. The van der Waals surface area contributed by atoms with Crippen molar-refractivity contribution in [2.75, 3.05) is 39.5 Å². The van der Waals surface area contributed by atoms with E-state index in [1.54, 1.807) is 0 Å². The standard InChI is InChI=1S/C20H33NO2/c1-19(2,3)16-7-8-17(20(4,5)6)18(15-16)23-14-11-21-9-12-22-13-10-21/h7-8,15H,9-14H2,1-6H3. The minimum Gasteiger partial charge on any atom is -0.492 e. The number of hydrogen-bond acceptors (Lipinski definition) is 3. The van der Waals surface area contributed by atoms with E-state index in [1.165, 1.54) is 11.1 Å². The van der Waals surface area contributed by atoms with Gasteiger partial charge < -0.3 is 9.47 Å². The van der Waals surface area contributed by atoms with Gasteiger partial charge in [0.1, 0.15) is 12.4 Å². The molecule has 0 radical (unpaired) electrons. The Bertz CT molecular complexity index is 505. The highest BCUT2D eigenvalue weighted by molar-refractivity contribution is 5.43. The summed E-state index contributed by atoms with van der Waals surface area (Å²) in [6, 6.07) is 6.72. The van der Waals surface area contributed by atoms with Crippen molar-refractivity contribution in [3.8, 4) is 5.75 Å². The van der Waals surface area contributed by atoms with Crippen LogP contribution >= 0.6 is 0 Å². The molecule has 1 aromatic rings. The van der Waals surface area contributed by atoms with E-state index < -0.39 is 0 Å². The third-order valence-electron chi connectivity index (χ3n) is 4.42. The lowest BCUT2D eigenvalue weighted by atomic mass is 9.81. The van der Waals surface area contributed by atoms with Crippen molar-refractivity contribution in [2.24, 2.45) is 0 Å². The van der Waals surface area contributed by atoms with Crippen LogP contribution in [0.3, 0.4) is 0 Å². The second kappa shape index (κ2) is 7.23. The molecule has 3 heteroatoms. The second-order valence-electron chi connectivity index (χ2n) is 8.51. The highest BCUT2D eigenvalue weighted by Crippen LogP contribution is 2.35. The van der Waals surface area contributed by atoms with Gasteiger partial charge in [0.25, 0.3) is 0 Å². The Balaban J connectivity index is 2.10. The fraction of sp³-hybridized carbons (Fsp3) is 0.700. The van der Waals surface area contributed by atoms with Crippen LogP contribution in [0.1, 0.15) is 52.7 Å². The molecule has 3 nitrogen and oxygen atoms in total. The van der Waals surface area contributed by atoms with Crippen molar-refractivity contribution in [3.05, 3.63) is 29.3 Å². The molecule has 0 bridgehead atoms. The monoisotopic (exact) mass is 319 g/mol. The van der Waals surface area contributed by atoms with Crippen LogP contribution in [0.15, 0.2) is 18.2 Å². The predicted octanol–water partition coefficient (Wildman–Crippen LogP) is 3.99. The lowest BCUT2D eigenvalue weighted by molar-refractivity contribution is 0.0321. The molecule has 0 aliphatic carbocycles. The average Bonchev–Trinajstić information content (AvgIpc) is 2.46. The summed E-state index contributed by atoms with van der Waals surface area (Å²) in [5, 5.41) is 0.